The molecule has 2 aromatic carbocycles. The van der Waals surface area contributed by atoms with Gasteiger partial charge in [0.25, 0.3) is 11.7 Å². The number of hydrogen-bond donors (Lipinski definition) is 2. The minimum Gasteiger partial charge on any atom is -0.507 e. The van der Waals surface area contributed by atoms with E-state index < -0.39 is 17.7 Å². The van der Waals surface area contributed by atoms with Crippen LogP contribution in [0.3, 0.4) is 0 Å². The fourth-order valence-corrected chi connectivity index (χ4v) is 4.23. The van der Waals surface area contributed by atoms with Crippen molar-refractivity contribution in [1.29, 1.82) is 0 Å². The molecule has 0 aromatic heterocycles. The summed E-state index contributed by atoms with van der Waals surface area (Å²) in [6.07, 6.45) is 0.692. The number of amides is 1. The van der Waals surface area contributed by atoms with Crippen LogP contribution < -0.4 is 4.74 Å². The summed E-state index contributed by atoms with van der Waals surface area (Å²) in [6.45, 7) is 8.97. The highest BCUT2D eigenvalue weighted by molar-refractivity contribution is 6.46. The molecule has 0 radical (unpaired) electrons. The standard InChI is InChI=1S/C26H32N2O5/c1-5-27(6-2)14-7-15-28-23(18-9-11-19(33-4)12-10-18)22(25(31)26(28)32)24(30)20-16-17(3)8-13-21(20)29/h8-13,16,23,29-30H,5-7,14-15H2,1-4H3/b24-22+. The molecule has 7 heteroatoms. The fourth-order valence-electron chi connectivity index (χ4n) is 4.23. The number of benzene rings is 2. The van der Waals surface area contributed by atoms with Gasteiger partial charge in [0.15, 0.2) is 0 Å². The molecule has 33 heavy (non-hydrogen) atoms. The zero-order valence-electron chi connectivity index (χ0n) is 19.7. The topological polar surface area (TPSA) is 90.3 Å². The van der Waals surface area contributed by atoms with E-state index in [0.717, 1.165) is 25.2 Å². The van der Waals surface area contributed by atoms with Gasteiger partial charge in [-0.3, -0.25) is 9.59 Å². The number of aryl methyl sites for hydroxylation is 1. The van der Waals surface area contributed by atoms with Gasteiger partial charge in [-0.05, 0) is 62.8 Å². The van der Waals surface area contributed by atoms with E-state index in [1.807, 2.05) is 6.92 Å². The van der Waals surface area contributed by atoms with Crippen molar-refractivity contribution in [2.24, 2.45) is 0 Å². The number of ether oxygens (including phenoxy) is 1. The molecule has 1 saturated heterocycles. The Balaban J connectivity index is 2.07. The van der Waals surface area contributed by atoms with E-state index in [0.29, 0.717) is 24.3 Å². The van der Waals surface area contributed by atoms with Gasteiger partial charge in [-0.1, -0.05) is 37.6 Å². The van der Waals surface area contributed by atoms with Gasteiger partial charge >= 0.3 is 0 Å². The van der Waals surface area contributed by atoms with Crippen LogP contribution in [0.1, 0.15) is 43.0 Å². The molecular formula is C26H32N2O5. The van der Waals surface area contributed by atoms with Gasteiger partial charge in [0.05, 0.1) is 24.3 Å². The summed E-state index contributed by atoms with van der Waals surface area (Å²) in [5.74, 6) is -1.28. The molecule has 1 amide bonds. The number of ketones is 1. The van der Waals surface area contributed by atoms with Gasteiger partial charge in [-0.2, -0.15) is 0 Å². The third-order valence-electron chi connectivity index (χ3n) is 6.15. The molecule has 1 fully saturated rings. The Labute approximate surface area is 194 Å². The average Bonchev–Trinajstić information content (AvgIpc) is 3.08. The first-order valence-corrected chi connectivity index (χ1v) is 11.3. The second-order valence-corrected chi connectivity index (χ2v) is 8.17. The van der Waals surface area contributed by atoms with Crippen LogP contribution in [0.2, 0.25) is 0 Å². The summed E-state index contributed by atoms with van der Waals surface area (Å²) in [5.41, 5.74) is 1.61. The maximum Gasteiger partial charge on any atom is 0.295 e. The second kappa shape index (κ2) is 10.5. The number of carbonyl (C=O) groups is 2. The predicted molar refractivity (Wildman–Crippen MR) is 127 cm³/mol. The maximum atomic E-state index is 13.1. The summed E-state index contributed by atoms with van der Waals surface area (Å²) in [5, 5.41) is 21.5. The third-order valence-corrected chi connectivity index (χ3v) is 6.15. The smallest absolute Gasteiger partial charge is 0.295 e. The van der Waals surface area contributed by atoms with Crippen LogP contribution in [-0.2, 0) is 9.59 Å². The maximum absolute atomic E-state index is 13.1. The molecule has 1 unspecified atom stereocenters. The lowest BCUT2D eigenvalue weighted by Crippen LogP contribution is -2.33. The Kier molecular flexibility index (Phi) is 7.76. The largest absolute Gasteiger partial charge is 0.507 e. The molecule has 0 spiro atoms. The predicted octanol–water partition coefficient (Wildman–Crippen LogP) is 3.86. The SMILES string of the molecule is CCN(CC)CCCN1C(=O)C(=O)/C(=C(/O)c2cc(C)ccc2O)C1c1ccc(OC)cc1. The second-order valence-electron chi connectivity index (χ2n) is 8.17. The molecule has 1 heterocycles. The van der Waals surface area contributed by atoms with E-state index in [1.54, 1.807) is 43.5 Å². The average molecular weight is 453 g/mol. The van der Waals surface area contributed by atoms with Crippen LogP contribution in [0, 0.1) is 6.92 Å². The van der Waals surface area contributed by atoms with Crippen LogP contribution in [0.4, 0.5) is 0 Å². The van der Waals surface area contributed by atoms with Gasteiger partial charge in [0.2, 0.25) is 0 Å². The number of rotatable bonds is 9. The number of methoxy groups -OCH3 is 1. The van der Waals surface area contributed by atoms with Crippen LogP contribution >= 0.6 is 0 Å². The molecule has 2 N–H and O–H groups in total. The molecule has 2 aromatic rings. The first-order chi connectivity index (χ1) is 15.8. The van der Waals surface area contributed by atoms with E-state index >= 15 is 0 Å². The van der Waals surface area contributed by atoms with E-state index in [2.05, 4.69) is 18.7 Å². The highest BCUT2D eigenvalue weighted by atomic mass is 16.5. The highest BCUT2D eigenvalue weighted by Crippen LogP contribution is 2.41. The number of phenols is 1. The number of carbonyl (C=O) groups excluding carboxylic acids is 2. The number of phenolic OH excluding ortho intramolecular Hbond substituents is 1. The van der Waals surface area contributed by atoms with Crippen molar-refractivity contribution in [2.45, 2.75) is 33.2 Å². The molecule has 0 saturated carbocycles. The quantitative estimate of drug-likeness (QED) is 0.341. The zero-order valence-corrected chi connectivity index (χ0v) is 19.7. The van der Waals surface area contributed by atoms with Crippen molar-refractivity contribution in [1.82, 2.24) is 9.80 Å². The Bertz CT molecular complexity index is 1040. The Hall–Kier alpha value is -3.32. The minimum atomic E-state index is -0.757. The normalized spacial score (nSPS) is 17.7. The molecular weight excluding hydrogens is 420 g/mol. The van der Waals surface area contributed by atoms with Crippen LogP contribution in [-0.4, -0.2) is 65.0 Å². The Morgan fingerprint density at radius 2 is 1.76 bits per heavy atom. The number of hydrogen-bond acceptors (Lipinski definition) is 6. The van der Waals surface area contributed by atoms with Gasteiger partial charge in [0.1, 0.15) is 17.3 Å². The molecule has 0 aliphatic carbocycles. The zero-order chi connectivity index (χ0) is 24.1. The van der Waals surface area contributed by atoms with E-state index in [1.165, 1.54) is 11.0 Å². The van der Waals surface area contributed by atoms with Crippen molar-refractivity contribution in [2.75, 3.05) is 33.3 Å². The van der Waals surface area contributed by atoms with Crippen molar-refractivity contribution >= 4 is 17.4 Å². The summed E-state index contributed by atoms with van der Waals surface area (Å²) in [6, 6.07) is 11.1. The number of Topliss-reactive ketones (excluding diaryl/α,β-unsaturated/α-hetero) is 1. The number of aliphatic hydroxyl groups is 1. The molecule has 3 rings (SSSR count). The molecule has 1 atom stereocenters. The van der Waals surface area contributed by atoms with E-state index in [4.69, 9.17) is 4.74 Å². The number of nitrogens with zero attached hydrogens (tertiary/aromatic N) is 2. The number of aliphatic hydroxyl groups excluding tert-OH is 1. The van der Waals surface area contributed by atoms with Crippen LogP contribution in [0.5, 0.6) is 11.5 Å². The van der Waals surface area contributed by atoms with E-state index in [-0.39, 0.29) is 22.6 Å². The molecule has 1 aliphatic rings. The summed E-state index contributed by atoms with van der Waals surface area (Å²) >= 11 is 0. The minimum absolute atomic E-state index is 0.0195. The Morgan fingerprint density at radius 1 is 1.09 bits per heavy atom. The van der Waals surface area contributed by atoms with E-state index in [9.17, 15) is 19.8 Å². The van der Waals surface area contributed by atoms with Gasteiger partial charge in [0, 0.05) is 6.54 Å². The monoisotopic (exact) mass is 452 g/mol. The van der Waals surface area contributed by atoms with Crippen molar-refractivity contribution in [3.63, 3.8) is 0 Å². The van der Waals surface area contributed by atoms with Gasteiger partial charge in [-0.25, -0.2) is 0 Å². The number of aromatic hydroxyl groups is 1. The lowest BCUT2D eigenvalue weighted by molar-refractivity contribution is -0.140. The third kappa shape index (κ3) is 5.03. The molecule has 176 valence electrons. The Morgan fingerprint density at radius 3 is 2.36 bits per heavy atom. The molecule has 7 nitrogen and oxygen atoms in total. The van der Waals surface area contributed by atoms with Crippen LogP contribution in [0.15, 0.2) is 48.0 Å². The highest BCUT2D eigenvalue weighted by Gasteiger charge is 2.46. The summed E-state index contributed by atoms with van der Waals surface area (Å²) in [7, 11) is 1.56. The first kappa shape index (κ1) is 24.3. The summed E-state index contributed by atoms with van der Waals surface area (Å²) < 4.78 is 5.24. The number of likely N-dealkylation sites (tertiary alicyclic amines) is 1. The first-order valence-electron chi connectivity index (χ1n) is 11.3. The van der Waals surface area contributed by atoms with Crippen molar-refractivity contribution in [3.05, 3.63) is 64.7 Å². The van der Waals surface area contributed by atoms with Crippen LogP contribution in [0.25, 0.3) is 5.76 Å². The lowest BCUT2D eigenvalue weighted by Gasteiger charge is -2.27. The fraction of sp³-hybridized carbons (Fsp3) is 0.385. The van der Waals surface area contributed by atoms with Gasteiger partial charge < -0.3 is 24.7 Å². The molecule has 0 bridgehead atoms. The lowest BCUT2D eigenvalue weighted by atomic mass is 9.94. The van der Waals surface area contributed by atoms with Gasteiger partial charge in [-0.15, -0.1) is 0 Å². The van der Waals surface area contributed by atoms with Crippen molar-refractivity contribution < 1.29 is 24.5 Å². The summed E-state index contributed by atoms with van der Waals surface area (Å²) in [4.78, 5) is 29.9. The van der Waals surface area contributed by atoms with Crippen molar-refractivity contribution in [3.8, 4) is 11.5 Å². The molecule has 1 aliphatic heterocycles.